The maximum Gasteiger partial charge on any atom is 0.330 e. The van der Waals surface area contributed by atoms with Gasteiger partial charge in [0.1, 0.15) is 0 Å². The topological polar surface area (TPSA) is 121 Å². The van der Waals surface area contributed by atoms with E-state index in [0.717, 1.165) is 19.8 Å². The SMILES string of the molecule is C=C(C)C(=O)O.C=C(CCCCOC)C(=O)O.CC(=O)O. The molecule has 0 aliphatic heterocycles. The van der Waals surface area contributed by atoms with E-state index in [0.29, 0.717) is 13.0 Å². The molecule has 0 fully saturated rings. The van der Waals surface area contributed by atoms with Crippen LogP contribution in [0.2, 0.25) is 0 Å². The second-order valence-corrected chi connectivity index (χ2v) is 3.96. The van der Waals surface area contributed by atoms with Crippen LogP contribution in [0, 0.1) is 0 Å². The van der Waals surface area contributed by atoms with Gasteiger partial charge in [-0.05, 0) is 26.2 Å². The summed E-state index contributed by atoms with van der Waals surface area (Å²) in [7, 11) is 1.63. The van der Waals surface area contributed by atoms with Crippen LogP contribution in [0.1, 0.15) is 33.1 Å². The molecule has 0 saturated carbocycles. The smallest absolute Gasteiger partial charge is 0.330 e. The highest BCUT2D eigenvalue weighted by Crippen LogP contribution is 2.04. The maximum absolute atomic E-state index is 10.2. The van der Waals surface area contributed by atoms with Crippen molar-refractivity contribution in [3.63, 3.8) is 0 Å². The highest BCUT2D eigenvalue weighted by Gasteiger charge is 2.01. The average Bonchev–Trinajstić information content (AvgIpc) is 2.34. The minimum Gasteiger partial charge on any atom is -0.481 e. The standard InChI is InChI=1S/C8H14O3.C4H6O2.C2H4O2/c1-7(8(9)10)5-3-4-6-11-2;1-3(2)4(5)6;1-2(3)4/h1,3-6H2,2H3,(H,9,10);1H2,2H3,(H,5,6);1H3,(H,3,4). The third-order valence-electron chi connectivity index (χ3n) is 1.74. The first-order valence-electron chi connectivity index (χ1n) is 6.04. The Hall–Kier alpha value is -2.15. The van der Waals surface area contributed by atoms with E-state index in [4.69, 9.17) is 24.9 Å². The molecule has 21 heavy (non-hydrogen) atoms. The van der Waals surface area contributed by atoms with Crippen LogP contribution in [0.5, 0.6) is 0 Å². The largest absolute Gasteiger partial charge is 0.481 e. The molecule has 0 unspecified atom stereocenters. The molecule has 0 amide bonds. The molecule has 0 aromatic rings. The molecule has 0 heterocycles. The number of hydrogen-bond donors (Lipinski definition) is 3. The summed E-state index contributed by atoms with van der Waals surface area (Å²) in [4.78, 5) is 28.8. The Morgan fingerprint density at radius 2 is 1.33 bits per heavy atom. The van der Waals surface area contributed by atoms with Crippen molar-refractivity contribution in [2.24, 2.45) is 0 Å². The zero-order valence-corrected chi connectivity index (χ0v) is 12.7. The molecular weight excluding hydrogens is 280 g/mol. The van der Waals surface area contributed by atoms with Crippen LogP contribution in [0.3, 0.4) is 0 Å². The zero-order chi connectivity index (χ0) is 17.4. The Kier molecular flexibility index (Phi) is 18.1. The summed E-state index contributed by atoms with van der Waals surface area (Å²) in [5.74, 6) is -2.67. The maximum atomic E-state index is 10.2. The van der Waals surface area contributed by atoms with Gasteiger partial charge >= 0.3 is 11.9 Å². The van der Waals surface area contributed by atoms with E-state index in [-0.39, 0.29) is 11.1 Å². The molecule has 7 heteroatoms. The van der Waals surface area contributed by atoms with E-state index in [1.165, 1.54) is 6.92 Å². The molecule has 0 atom stereocenters. The first-order chi connectivity index (χ1) is 9.56. The van der Waals surface area contributed by atoms with Crippen LogP contribution < -0.4 is 0 Å². The van der Waals surface area contributed by atoms with Crippen molar-refractivity contribution in [3.8, 4) is 0 Å². The van der Waals surface area contributed by atoms with E-state index in [9.17, 15) is 9.59 Å². The van der Waals surface area contributed by atoms with E-state index in [1.807, 2.05) is 0 Å². The number of ether oxygens (including phenoxy) is 1. The van der Waals surface area contributed by atoms with E-state index in [2.05, 4.69) is 13.2 Å². The lowest BCUT2D eigenvalue weighted by Crippen LogP contribution is -1.99. The molecule has 0 aliphatic carbocycles. The summed E-state index contributed by atoms with van der Waals surface area (Å²) in [6.07, 6.45) is 2.28. The van der Waals surface area contributed by atoms with Gasteiger partial charge in [0.2, 0.25) is 0 Å². The van der Waals surface area contributed by atoms with Crippen molar-refractivity contribution < 1.29 is 34.4 Å². The van der Waals surface area contributed by atoms with Crippen LogP contribution >= 0.6 is 0 Å². The van der Waals surface area contributed by atoms with Crippen LogP contribution in [0.4, 0.5) is 0 Å². The van der Waals surface area contributed by atoms with Gasteiger partial charge in [0, 0.05) is 31.8 Å². The molecule has 0 aliphatic rings. The van der Waals surface area contributed by atoms with Crippen LogP contribution in [-0.4, -0.2) is 46.9 Å². The molecule has 7 nitrogen and oxygen atoms in total. The third-order valence-corrected chi connectivity index (χ3v) is 1.74. The second kappa shape index (κ2) is 15.9. The summed E-state index contributed by atoms with van der Waals surface area (Å²) in [5, 5.41) is 23.7. The van der Waals surface area contributed by atoms with Crippen molar-refractivity contribution in [1.82, 2.24) is 0 Å². The quantitative estimate of drug-likeness (QED) is 0.487. The van der Waals surface area contributed by atoms with Gasteiger partial charge in [0.05, 0.1) is 0 Å². The lowest BCUT2D eigenvalue weighted by Gasteiger charge is -1.99. The number of carbonyl (C=O) groups is 3. The van der Waals surface area contributed by atoms with Gasteiger partial charge < -0.3 is 20.1 Å². The molecule has 0 rings (SSSR count). The summed E-state index contributed by atoms with van der Waals surface area (Å²) >= 11 is 0. The Morgan fingerprint density at radius 3 is 1.57 bits per heavy atom. The van der Waals surface area contributed by atoms with E-state index >= 15 is 0 Å². The number of aliphatic carboxylic acids is 3. The highest BCUT2D eigenvalue weighted by molar-refractivity contribution is 5.85. The molecule has 0 bridgehead atoms. The lowest BCUT2D eigenvalue weighted by atomic mass is 10.1. The molecule has 3 N–H and O–H groups in total. The van der Waals surface area contributed by atoms with Gasteiger partial charge in [-0.15, -0.1) is 0 Å². The first-order valence-corrected chi connectivity index (χ1v) is 6.04. The number of carboxylic acids is 3. The molecular formula is C14H24O7. The van der Waals surface area contributed by atoms with Gasteiger partial charge in [-0.25, -0.2) is 9.59 Å². The normalized spacial score (nSPS) is 8.33. The van der Waals surface area contributed by atoms with Gasteiger partial charge in [0.25, 0.3) is 5.97 Å². The summed E-state index contributed by atoms with van der Waals surface area (Å²) in [6.45, 7) is 9.78. The fourth-order valence-electron chi connectivity index (χ4n) is 0.692. The van der Waals surface area contributed by atoms with Crippen molar-refractivity contribution in [1.29, 1.82) is 0 Å². The van der Waals surface area contributed by atoms with Gasteiger partial charge in [0.15, 0.2) is 0 Å². The summed E-state index contributed by atoms with van der Waals surface area (Å²) < 4.78 is 4.81. The predicted molar refractivity (Wildman–Crippen MR) is 78.3 cm³/mol. The number of unbranched alkanes of at least 4 members (excludes halogenated alkanes) is 1. The highest BCUT2D eigenvalue weighted by atomic mass is 16.5. The monoisotopic (exact) mass is 304 g/mol. The second-order valence-electron chi connectivity index (χ2n) is 3.96. The van der Waals surface area contributed by atoms with Gasteiger partial charge in [-0.1, -0.05) is 13.2 Å². The fraction of sp³-hybridized carbons (Fsp3) is 0.500. The number of hydrogen-bond acceptors (Lipinski definition) is 4. The molecule has 122 valence electrons. The first kappa shape index (κ1) is 23.9. The Balaban J connectivity index is -0.000000272. The number of methoxy groups -OCH3 is 1. The fourth-order valence-corrected chi connectivity index (χ4v) is 0.692. The van der Waals surface area contributed by atoms with Crippen LogP contribution in [0.15, 0.2) is 24.3 Å². The summed E-state index contributed by atoms with van der Waals surface area (Å²) in [6, 6.07) is 0. The Bertz CT molecular complexity index is 342. The predicted octanol–water partition coefficient (Wildman–Crippen LogP) is 2.18. The van der Waals surface area contributed by atoms with E-state index in [1.54, 1.807) is 7.11 Å². The van der Waals surface area contributed by atoms with Crippen LogP contribution in [-0.2, 0) is 19.1 Å². The number of rotatable bonds is 7. The average molecular weight is 304 g/mol. The van der Waals surface area contributed by atoms with Crippen molar-refractivity contribution in [2.75, 3.05) is 13.7 Å². The molecule has 0 aromatic carbocycles. The molecule has 0 radical (unpaired) electrons. The molecule has 0 saturated heterocycles. The zero-order valence-electron chi connectivity index (χ0n) is 12.7. The minimum absolute atomic E-state index is 0.176. The molecule has 0 aromatic heterocycles. The van der Waals surface area contributed by atoms with Gasteiger partial charge in [-0.2, -0.15) is 0 Å². The number of carboxylic acid groups (broad SMARTS) is 3. The summed E-state index contributed by atoms with van der Waals surface area (Å²) in [5.41, 5.74) is 0.455. The Morgan fingerprint density at radius 1 is 0.952 bits per heavy atom. The van der Waals surface area contributed by atoms with Crippen molar-refractivity contribution in [2.45, 2.75) is 33.1 Å². The van der Waals surface area contributed by atoms with Crippen molar-refractivity contribution >= 4 is 17.9 Å². The minimum atomic E-state index is -0.935. The molecule has 0 spiro atoms. The lowest BCUT2D eigenvalue weighted by molar-refractivity contribution is -0.135. The van der Waals surface area contributed by atoms with E-state index < -0.39 is 17.9 Å². The van der Waals surface area contributed by atoms with Crippen LogP contribution in [0.25, 0.3) is 0 Å². The van der Waals surface area contributed by atoms with Crippen molar-refractivity contribution in [3.05, 3.63) is 24.3 Å². The van der Waals surface area contributed by atoms with Gasteiger partial charge in [-0.3, -0.25) is 4.79 Å². The Labute approximate surface area is 124 Å². The third kappa shape index (κ3) is 31.9.